The lowest BCUT2D eigenvalue weighted by Crippen LogP contribution is -2.25. The molecule has 0 saturated heterocycles. The molecule has 3 rings (SSSR count). The number of nitrogens with one attached hydrogen (secondary N) is 1. The number of H-pyrrole nitrogens is 1. The molecule has 108 valence electrons. The molecule has 7 heteroatoms. The number of nitrogens with zero attached hydrogens (tertiary/aromatic N) is 2. The van der Waals surface area contributed by atoms with Crippen molar-refractivity contribution in [1.82, 2.24) is 15.1 Å². The average molecular weight is 340 g/mol. The van der Waals surface area contributed by atoms with Gasteiger partial charge < -0.3 is 4.90 Å². The number of thiophene rings is 1. The van der Waals surface area contributed by atoms with Crippen LogP contribution in [0.1, 0.15) is 15.2 Å². The Morgan fingerprint density at radius 3 is 2.95 bits per heavy atom. The fraction of sp³-hybridized carbons (Fsp3) is 0.143. The van der Waals surface area contributed by atoms with Gasteiger partial charge in [0.2, 0.25) is 0 Å². The molecule has 4 nitrogen and oxygen atoms in total. The van der Waals surface area contributed by atoms with E-state index in [1.54, 1.807) is 30.4 Å². The summed E-state index contributed by atoms with van der Waals surface area (Å²) < 4.78 is 0.910. The van der Waals surface area contributed by atoms with Crippen LogP contribution in [0, 0.1) is 0 Å². The summed E-state index contributed by atoms with van der Waals surface area (Å²) in [7, 11) is 1.74. The molecule has 3 aromatic rings. The van der Waals surface area contributed by atoms with E-state index in [1.165, 1.54) is 11.3 Å². The highest BCUT2D eigenvalue weighted by molar-refractivity contribution is 7.21. The lowest BCUT2D eigenvalue weighted by molar-refractivity contribution is 0.0790. The number of aromatic nitrogens is 2. The number of amides is 1. The summed E-state index contributed by atoms with van der Waals surface area (Å²) in [4.78, 5) is 14.7. The quantitative estimate of drug-likeness (QED) is 0.777. The predicted octanol–water partition coefficient (Wildman–Crippen LogP) is 4.20. The maximum Gasteiger partial charge on any atom is 0.265 e. The van der Waals surface area contributed by atoms with Crippen molar-refractivity contribution in [3.05, 3.63) is 51.1 Å². The number of hydrogen-bond acceptors (Lipinski definition) is 3. The highest BCUT2D eigenvalue weighted by atomic mass is 35.5. The molecule has 21 heavy (non-hydrogen) atoms. The maximum atomic E-state index is 12.5. The fourth-order valence-electron chi connectivity index (χ4n) is 2.06. The molecule has 1 amide bonds. The predicted molar refractivity (Wildman–Crippen MR) is 86.2 cm³/mol. The van der Waals surface area contributed by atoms with E-state index >= 15 is 0 Å². The maximum absolute atomic E-state index is 12.5. The van der Waals surface area contributed by atoms with Crippen molar-refractivity contribution in [2.75, 3.05) is 7.05 Å². The first-order valence-corrected chi connectivity index (χ1v) is 7.74. The van der Waals surface area contributed by atoms with Crippen LogP contribution in [0.25, 0.3) is 10.1 Å². The van der Waals surface area contributed by atoms with Crippen molar-refractivity contribution >= 4 is 50.5 Å². The van der Waals surface area contributed by atoms with Gasteiger partial charge >= 0.3 is 0 Å². The Labute approximate surface area is 135 Å². The zero-order chi connectivity index (χ0) is 15.0. The van der Waals surface area contributed by atoms with Gasteiger partial charge in [0, 0.05) is 40.5 Å². The van der Waals surface area contributed by atoms with Crippen LogP contribution in [0.15, 0.2) is 30.6 Å². The van der Waals surface area contributed by atoms with Crippen molar-refractivity contribution in [1.29, 1.82) is 0 Å². The Morgan fingerprint density at radius 2 is 2.24 bits per heavy atom. The zero-order valence-corrected chi connectivity index (χ0v) is 13.4. The number of hydrogen-bond donors (Lipinski definition) is 1. The first kappa shape index (κ1) is 14.4. The van der Waals surface area contributed by atoms with Crippen LogP contribution in [0.3, 0.4) is 0 Å². The highest BCUT2D eigenvalue weighted by Crippen LogP contribution is 2.37. The third-order valence-corrected chi connectivity index (χ3v) is 4.99. The molecule has 0 bridgehead atoms. The first-order chi connectivity index (χ1) is 10.1. The van der Waals surface area contributed by atoms with E-state index in [-0.39, 0.29) is 5.91 Å². The standard InChI is InChI=1S/C14H11Cl2N3OS/c1-19(7-8-5-17-18-6-8)14(20)13-12(16)10-3-2-9(15)4-11(10)21-13/h2-6H,7H2,1H3,(H,17,18). The summed E-state index contributed by atoms with van der Waals surface area (Å²) in [6, 6.07) is 5.43. The van der Waals surface area contributed by atoms with Gasteiger partial charge in [0.1, 0.15) is 4.88 Å². The Bertz CT molecular complexity index is 798. The second kappa shape index (κ2) is 5.67. The molecule has 2 aromatic heterocycles. The normalized spacial score (nSPS) is 11.0. The summed E-state index contributed by atoms with van der Waals surface area (Å²) in [6.45, 7) is 0.473. The van der Waals surface area contributed by atoms with Crippen LogP contribution in [0.5, 0.6) is 0 Å². The minimum atomic E-state index is -0.112. The molecule has 0 aliphatic carbocycles. The summed E-state index contributed by atoms with van der Waals surface area (Å²) >= 11 is 13.7. The monoisotopic (exact) mass is 339 g/mol. The molecular weight excluding hydrogens is 329 g/mol. The van der Waals surface area contributed by atoms with Crippen LogP contribution in [0.4, 0.5) is 0 Å². The molecule has 0 saturated carbocycles. The largest absolute Gasteiger partial charge is 0.337 e. The molecule has 2 heterocycles. The minimum Gasteiger partial charge on any atom is -0.337 e. The number of carbonyl (C=O) groups is 1. The third-order valence-electron chi connectivity index (χ3n) is 3.11. The van der Waals surface area contributed by atoms with Gasteiger partial charge in [-0.3, -0.25) is 9.89 Å². The van der Waals surface area contributed by atoms with E-state index in [1.807, 2.05) is 12.1 Å². The fourth-order valence-corrected chi connectivity index (χ4v) is 3.84. The molecule has 0 aliphatic rings. The molecule has 1 N–H and O–H groups in total. The van der Waals surface area contributed by atoms with Gasteiger partial charge in [-0.05, 0) is 12.1 Å². The Morgan fingerprint density at radius 1 is 1.43 bits per heavy atom. The number of carbonyl (C=O) groups excluding carboxylic acids is 1. The van der Waals surface area contributed by atoms with Gasteiger partial charge in [0.25, 0.3) is 5.91 Å². The number of rotatable bonds is 3. The van der Waals surface area contributed by atoms with Gasteiger partial charge in [-0.1, -0.05) is 29.3 Å². The summed E-state index contributed by atoms with van der Waals surface area (Å²) in [5.41, 5.74) is 0.936. The number of benzene rings is 1. The molecule has 0 spiro atoms. The average Bonchev–Trinajstić information content (AvgIpc) is 3.06. The summed E-state index contributed by atoms with van der Waals surface area (Å²) in [5, 5.41) is 8.56. The van der Waals surface area contributed by atoms with Gasteiger partial charge in [-0.2, -0.15) is 5.10 Å². The molecule has 0 fully saturated rings. The topological polar surface area (TPSA) is 49.0 Å². The summed E-state index contributed by atoms with van der Waals surface area (Å²) in [5.74, 6) is -0.112. The van der Waals surface area contributed by atoms with E-state index in [4.69, 9.17) is 23.2 Å². The van der Waals surface area contributed by atoms with Crippen molar-refractivity contribution < 1.29 is 4.79 Å². The van der Waals surface area contributed by atoms with Gasteiger partial charge in [0.15, 0.2) is 0 Å². The second-order valence-corrected chi connectivity index (χ2v) is 6.52. The van der Waals surface area contributed by atoms with E-state index in [0.29, 0.717) is 21.5 Å². The molecular formula is C14H11Cl2N3OS. The van der Waals surface area contributed by atoms with Crippen LogP contribution in [-0.4, -0.2) is 28.1 Å². The van der Waals surface area contributed by atoms with E-state index in [9.17, 15) is 4.79 Å². The lowest BCUT2D eigenvalue weighted by atomic mass is 10.2. The minimum absolute atomic E-state index is 0.112. The highest BCUT2D eigenvalue weighted by Gasteiger charge is 2.20. The van der Waals surface area contributed by atoms with Crippen molar-refractivity contribution in [3.8, 4) is 0 Å². The van der Waals surface area contributed by atoms with Crippen LogP contribution in [-0.2, 0) is 6.54 Å². The molecule has 1 aromatic carbocycles. The van der Waals surface area contributed by atoms with E-state index in [0.717, 1.165) is 15.6 Å². The van der Waals surface area contributed by atoms with Crippen molar-refractivity contribution in [3.63, 3.8) is 0 Å². The SMILES string of the molecule is CN(Cc1cn[nH]c1)C(=O)c1sc2cc(Cl)ccc2c1Cl. The lowest BCUT2D eigenvalue weighted by Gasteiger charge is -2.15. The van der Waals surface area contributed by atoms with Gasteiger partial charge in [-0.25, -0.2) is 0 Å². The molecule has 0 aliphatic heterocycles. The molecule has 0 atom stereocenters. The number of fused-ring (bicyclic) bond motifs is 1. The Balaban J connectivity index is 1.92. The van der Waals surface area contributed by atoms with Crippen LogP contribution < -0.4 is 0 Å². The van der Waals surface area contributed by atoms with Crippen LogP contribution >= 0.6 is 34.5 Å². The smallest absolute Gasteiger partial charge is 0.265 e. The number of halogens is 2. The van der Waals surface area contributed by atoms with Crippen molar-refractivity contribution in [2.45, 2.75) is 6.54 Å². The molecule has 0 radical (unpaired) electrons. The Kier molecular flexibility index (Phi) is 3.89. The zero-order valence-electron chi connectivity index (χ0n) is 11.1. The third kappa shape index (κ3) is 2.77. The van der Waals surface area contributed by atoms with E-state index < -0.39 is 0 Å². The van der Waals surface area contributed by atoms with Gasteiger partial charge in [0.05, 0.1) is 11.2 Å². The Hall–Kier alpha value is -1.56. The number of aromatic amines is 1. The first-order valence-electron chi connectivity index (χ1n) is 6.17. The summed E-state index contributed by atoms with van der Waals surface area (Å²) in [6.07, 6.45) is 3.45. The van der Waals surface area contributed by atoms with Crippen LogP contribution in [0.2, 0.25) is 10.0 Å². The second-order valence-electron chi connectivity index (χ2n) is 4.65. The molecule has 0 unspecified atom stereocenters. The van der Waals surface area contributed by atoms with E-state index in [2.05, 4.69) is 10.2 Å². The van der Waals surface area contributed by atoms with Gasteiger partial charge in [-0.15, -0.1) is 11.3 Å². The van der Waals surface area contributed by atoms with Crippen molar-refractivity contribution in [2.24, 2.45) is 0 Å².